The fourth-order valence-electron chi connectivity index (χ4n) is 1.85. The monoisotopic (exact) mass is 288 g/mol. The minimum atomic E-state index is -0.334. The number of hydrogen-bond donors (Lipinski definition) is 1. The number of nitrogens with zero attached hydrogens (tertiary/aromatic N) is 1. The first kappa shape index (κ1) is 14.6. The number of benzene rings is 1. The van der Waals surface area contributed by atoms with Crippen LogP contribution >= 0.6 is 0 Å². The number of rotatable bonds is 5. The van der Waals surface area contributed by atoms with E-state index in [1.807, 2.05) is 6.07 Å². The summed E-state index contributed by atoms with van der Waals surface area (Å²) in [6.07, 6.45) is 2.95. The second-order valence-corrected chi connectivity index (χ2v) is 4.17. The van der Waals surface area contributed by atoms with E-state index in [0.717, 1.165) is 0 Å². The average molecular weight is 288 g/mol. The molecule has 6 nitrogen and oxygen atoms in total. The van der Waals surface area contributed by atoms with Gasteiger partial charge in [0.25, 0.3) is 5.91 Å². The van der Waals surface area contributed by atoms with Gasteiger partial charge in [-0.1, -0.05) is 6.07 Å². The molecule has 2 aromatic rings. The van der Waals surface area contributed by atoms with Crippen LogP contribution in [0.15, 0.2) is 40.0 Å². The smallest absolute Gasteiger partial charge is 0.274 e. The molecule has 1 heterocycles. The first-order chi connectivity index (χ1) is 10.2. The van der Waals surface area contributed by atoms with Crippen LogP contribution in [0.4, 0.5) is 0 Å². The standard InChI is InChI=1S/C15H16N2O4/c1-10-12(7-8-21-10)15(18)17-16-9-11-5-4-6-13(19-2)14(11)20-3/h4-9H,1-3H3,(H,17,18)/b16-9-. The third kappa shape index (κ3) is 3.22. The molecule has 110 valence electrons. The van der Waals surface area contributed by atoms with Crippen LogP contribution < -0.4 is 14.9 Å². The molecule has 0 bridgehead atoms. The maximum Gasteiger partial charge on any atom is 0.274 e. The van der Waals surface area contributed by atoms with Gasteiger partial charge in [-0.25, -0.2) is 5.43 Å². The molecule has 0 saturated carbocycles. The van der Waals surface area contributed by atoms with Crippen molar-refractivity contribution < 1.29 is 18.7 Å². The van der Waals surface area contributed by atoms with Crippen LogP contribution in [0.3, 0.4) is 0 Å². The number of furan rings is 1. The molecule has 0 fully saturated rings. The van der Waals surface area contributed by atoms with Gasteiger partial charge in [-0.05, 0) is 25.1 Å². The van der Waals surface area contributed by atoms with Gasteiger partial charge in [-0.2, -0.15) is 5.10 Å². The minimum absolute atomic E-state index is 0.334. The van der Waals surface area contributed by atoms with Gasteiger partial charge in [0.2, 0.25) is 0 Å². The summed E-state index contributed by atoms with van der Waals surface area (Å²) >= 11 is 0. The summed E-state index contributed by atoms with van der Waals surface area (Å²) in [6, 6.07) is 6.99. The molecule has 0 aliphatic carbocycles. The van der Waals surface area contributed by atoms with Gasteiger partial charge in [-0.3, -0.25) is 4.79 Å². The van der Waals surface area contributed by atoms with Crippen LogP contribution in [0, 0.1) is 6.92 Å². The summed E-state index contributed by atoms with van der Waals surface area (Å²) in [5, 5.41) is 3.92. The summed E-state index contributed by atoms with van der Waals surface area (Å²) in [7, 11) is 3.10. The molecule has 0 spiro atoms. The van der Waals surface area contributed by atoms with Crippen LogP contribution in [0.1, 0.15) is 21.7 Å². The maximum absolute atomic E-state index is 11.9. The number of nitrogens with one attached hydrogen (secondary N) is 1. The Hall–Kier alpha value is -2.76. The normalized spacial score (nSPS) is 10.6. The van der Waals surface area contributed by atoms with Gasteiger partial charge in [0.1, 0.15) is 5.76 Å². The van der Waals surface area contributed by atoms with E-state index in [2.05, 4.69) is 10.5 Å². The fraction of sp³-hybridized carbons (Fsp3) is 0.200. The highest BCUT2D eigenvalue weighted by Crippen LogP contribution is 2.29. The van der Waals surface area contributed by atoms with E-state index in [1.54, 1.807) is 39.3 Å². The van der Waals surface area contributed by atoms with E-state index in [-0.39, 0.29) is 5.91 Å². The number of para-hydroxylation sites is 1. The van der Waals surface area contributed by atoms with Crippen LogP contribution in [0.5, 0.6) is 11.5 Å². The van der Waals surface area contributed by atoms with E-state index in [0.29, 0.717) is 28.4 Å². The zero-order valence-electron chi connectivity index (χ0n) is 12.0. The van der Waals surface area contributed by atoms with Crippen molar-refractivity contribution in [3.05, 3.63) is 47.4 Å². The van der Waals surface area contributed by atoms with Gasteiger partial charge in [0.05, 0.1) is 32.3 Å². The Morgan fingerprint density at radius 2 is 2.10 bits per heavy atom. The molecule has 6 heteroatoms. The molecular formula is C15H16N2O4. The lowest BCUT2D eigenvalue weighted by Crippen LogP contribution is -2.17. The van der Waals surface area contributed by atoms with Gasteiger partial charge in [-0.15, -0.1) is 0 Å². The Kier molecular flexibility index (Phi) is 4.61. The number of aryl methyl sites for hydroxylation is 1. The first-order valence-corrected chi connectivity index (χ1v) is 6.26. The van der Waals surface area contributed by atoms with Gasteiger partial charge >= 0.3 is 0 Å². The number of carbonyl (C=O) groups is 1. The van der Waals surface area contributed by atoms with Crippen LogP contribution in [0.2, 0.25) is 0 Å². The maximum atomic E-state index is 11.9. The molecule has 0 unspecified atom stereocenters. The Morgan fingerprint density at radius 3 is 2.71 bits per heavy atom. The lowest BCUT2D eigenvalue weighted by molar-refractivity contribution is 0.0953. The van der Waals surface area contributed by atoms with Crippen LogP contribution in [-0.2, 0) is 0 Å². The third-order valence-corrected chi connectivity index (χ3v) is 2.91. The van der Waals surface area contributed by atoms with Gasteiger partial charge in [0.15, 0.2) is 11.5 Å². The number of carbonyl (C=O) groups excluding carboxylic acids is 1. The average Bonchev–Trinajstić information content (AvgIpc) is 2.93. The highest BCUT2D eigenvalue weighted by molar-refractivity contribution is 5.96. The molecule has 0 aliphatic rings. The van der Waals surface area contributed by atoms with Gasteiger partial charge in [0, 0.05) is 5.56 Å². The number of ether oxygens (including phenoxy) is 2. The molecule has 0 atom stereocenters. The zero-order valence-corrected chi connectivity index (χ0v) is 12.0. The number of hydrogen-bond acceptors (Lipinski definition) is 5. The summed E-state index contributed by atoms with van der Waals surface area (Å²) in [4.78, 5) is 11.9. The summed E-state index contributed by atoms with van der Waals surface area (Å²) in [5.74, 6) is 1.36. The van der Waals surface area contributed by atoms with Crippen molar-refractivity contribution in [2.75, 3.05) is 14.2 Å². The molecule has 0 radical (unpaired) electrons. The van der Waals surface area contributed by atoms with Crippen molar-refractivity contribution in [3.8, 4) is 11.5 Å². The zero-order chi connectivity index (χ0) is 15.2. The second kappa shape index (κ2) is 6.60. The molecule has 0 saturated heterocycles. The molecule has 21 heavy (non-hydrogen) atoms. The Balaban J connectivity index is 2.12. The molecule has 1 aromatic heterocycles. The lowest BCUT2D eigenvalue weighted by atomic mass is 10.2. The highest BCUT2D eigenvalue weighted by atomic mass is 16.5. The Bertz CT molecular complexity index is 661. The second-order valence-electron chi connectivity index (χ2n) is 4.17. The van der Waals surface area contributed by atoms with Crippen molar-refractivity contribution in [2.45, 2.75) is 6.92 Å². The Morgan fingerprint density at radius 1 is 1.29 bits per heavy atom. The fourth-order valence-corrected chi connectivity index (χ4v) is 1.85. The number of amides is 1. The van der Waals surface area contributed by atoms with Crippen molar-refractivity contribution in [3.63, 3.8) is 0 Å². The summed E-state index contributed by atoms with van der Waals surface area (Å²) < 4.78 is 15.5. The topological polar surface area (TPSA) is 73.1 Å². The molecule has 1 N–H and O–H groups in total. The van der Waals surface area contributed by atoms with Crippen molar-refractivity contribution in [2.24, 2.45) is 5.10 Å². The van der Waals surface area contributed by atoms with Crippen molar-refractivity contribution >= 4 is 12.1 Å². The molecule has 2 rings (SSSR count). The van der Waals surface area contributed by atoms with E-state index in [9.17, 15) is 4.79 Å². The minimum Gasteiger partial charge on any atom is -0.493 e. The third-order valence-electron chi connectivity index (χ3n) is 2.91. The van der Waals surface area contributed by atoms with Crippen LogP contribution in [-0.4, -0.2) is 26.3 Å². The lowest BCUT2D eigenvalue weighted by Gasteiger charge is -2.09. The van der Waals surface area contributed by atoms with E-state index in [4.69, 9.17) is 13.9 Å². The quantitative estimate of drug-likeness (QED) is 0.677. The molecular weight excluding hydrogens is 272 g/mol. The van der Waals surface area contributed by atoms with Crippen molar-refractivity contribution in [1.29, 1.82) is 0 Å². The van der Waals surface area contributed by atoms with E-state index < -0.39 is 0 Å². The van der Waals surface area contributed by atoms with Crippen molar-refractivity contribution in [1.82, 2.24) is 5.43 Å². The summed E-state index contributed by atoms with van der Waals surface area (Å²) in [6.45, 7) is 1.71. The predicted molar refractivity (Wildman–Crippen MR) is 78.1 cm³/mol. The van der Waals surface area contributed by atoms with Gasteiger partial charge < -0.3 is 13.9 Å². The predicted octanol–water partition coefficient (Wildman–Crippen LogP) is 2.37. The SMILES string of the molecule is COc1cccc(/C=N\NC(=O)c2ccoc2C)c1OC. The van der Waals surface area contributed by atoms with E-state index in [1.165, 1.54) is 12.5 Å². The Labute approximate surface area is 122 Å². The number of hydrazone groups is 1. The molecule has 0 aliphatic heterocycles. The van der Waals surface area contributed by atoms with E-state index >= 15 is 0 Å². The van der Waals surface area contributed by atoms with Crippen LogP contribution in [0.25, 0.3) is 0 Å². The highest BCUT2D eigenvalue weighted by Gasteiger charge is 2.10. The number of methoxy groups -OCH3 is 2. The molecule has 1 aromatic carbocycles. The first-order valence-electron chi connectivity index (χ1n) is 6.26. The summed E-state index contributed by atoms with van der Waals surface area (Å²) in [5.41, 5.74) is 3.58. The largest absolute Gasteiger partial charge is 0.493 e. The molecule has 1 amide bonds.